The van der Waals surface area contributed by atoms with E-state index < -0.39 is 0 Å². The lowest BCUT2D eigenvalue weighted by molar-refractivity contribution is 0.293. The van der Waals surface area contributed by atoms with E-state index in [4.69, 9.17) is 23.8 Å². The molecule has 1 aliphatic rings. The molecule has 1 unspecified atom stereocenters. The van der Waals surface area contributed by atoms with Gasteiger partial charge in [0.15, 0.2) is 5.11 Å². The summed E-state index contributed by atoms with van der Waals surface area (Å²) in [6.07, 6.45) is 2.13. The Balaban J connectivity index is 1.67. The van der Waals surface area contributed by atoms with Gasteiger partial charge in [0.05, 0.1) is 6.04 Å². The minimum atomic E-state index is 0.0702. The normalized spacial score (nSPS) is 16.2. The number of rotatable bonds is 2. The van der Waals surface area contributed by atoms with Crippen LogP contribution >= 0.6 is 23.8 Å². The second-order valence-electron chi connectivity index (χ2n) is 6.57. The highest BCUT2D eigenvalue weighted by Gasteiger charge is 2.30. The van der Waals surface area contributed by atoms with Gasteiger partial charge in [0.1, 0.15) is 0 Å². The van der Waals surface area contributed by atoms with Crippen molar-refractivity contribution in [1.82, 2.24) is 9.47 Å². The fourth-order valence-electron chi connectivity index (χ4n) is 3.52. The molecule has 132 valence electrons. The van der Waals surface area contributed by atoms with Crippen molar-refractivity contribution in [2.75, 3.05) is 11.9 Å². The van der Waals surface area contributed by atoms with Crippen LogP contribution in [-0.2, 0) is 6.54 Å². The van der Waals surface area contributed by atoms with Crippen molar-refractivity contribution in [2.24, 2.45) is 0 Å². The molecule has 1 aromatic heterocycles. The molecule has 0 saturated heterocycles. The summed E-state index contributed by atoms with van der Waals surface area (Å²) in [6, 6.07) is 20.6. The van der Waals surface area contributed by atoms with Gasteiger partial charge < -0.3 is 14.8 Å². The first-order valence-electron chi connectivity index (χ1n) is 8.66. The number of fused-ring (bicyclic) bond motifs is 1. The number of halogens is 1. The van der Waals surface area contributed by atoms with Crippen molar-refractivity contribution in [3.63, 3.8) is 0 Å². The largest absolute Gasteiger partial charge is 0.348 e. The number of benzene rings is 2. The van der Waals surface area contributed by atoms with Crippen molar-refractivity contribution in [3.05, 3.63) is 88.7 Å². The molecule has 1 atom stereocenters. The number of thiocarbonyl (C=S) groups is 1. The number of anilines is 1. The van der Waals surface area contributed by atoms with Gasteiger partial charge in [-0.3, -0.25) is 0 Å². The van der Waals surface area contributed by atoms with Gasteiger partial charge in [-0.15, -0.1) is 0 Å². The standard InChI is InChI=1S/C21H20ClN3S/c1-15-4-2-5-18(14-15)23-21(26)25-13-12-24-11-3-6-19(24)20(25)16-7-9-17(22)10-8-16/h2-11,14,20H,12-13H2,1H3,(H,23,26). The molecular formula is C21H20ClN3S. The van der Waals surface area contributed by atoms with Crippen LogP contribution in [0.15, 0.2) is 66.9 Å². The number of nitrogens with zero attached hydrogens (tertiary/aromatic N) is 2. The Bertz CT molecular complexity index is 932. The zero-order chi connectivity index (χ0) is 18.1. The lowest BCUT2D eigenvalue weighted by Crippen LogP contribution is -2.44. The third kappa shape index (κ3) is 3.35. The predicted molar refractivity (Wildman–Crippen MR) is 112 cm³/mol. The maximum Gasteiger partial charge on any atom is 0.174 e. The Hall–Kier alpha value is -2.30. The van der Waals surface area contributed by atoms with Crippen molar-refractivity contribution in [1.29, 1.82) is 0 Å². The molecule has 3 nitrogen and oxygen atoms in total. The fraction of sp³-hybridized carbons (Fsp3) is 0.190. The molecule has 0 radical (unpaired) electrons. The Kier molecular flexibility index (Phi) is 4.70. The minimum absolute atomic E-state index is 0.0702. The zero-order valence-corrected chi connectivity index (χ0v) is 16.1. The molecule has 4 rings (SSSR count). The lowest BCUT2D eigenvalue weighted by Gasteiger charge is -2.39. The molecule has 0 bridgehead atoms. The van der Waals surface area contributed by atoms with E-state index in [0.717, 1.165) is 28.9 Å². The van der Waals surface area contributed by atoms with Crippen LogP contribution in [0.1, 0.15) is 22.9 Å². The van der Waals surface area contributed by atoms with Gasteiger partial charge in [-0.1, -0.05) is 35.9 Å². The number of nitrogens with one attached hydrogen (secondary N) is 1. The first kappa shape index (κ1) is 17.1. The first-order chi connectivity index (χ1) is 12.6. The van der Waals surface area contributed by atoms with E-state index in [9.17, 15) is 0 Å². The van der Waals surface area contributed by atoms with Crippen molar-refractivity contribution in [3.8, 4) is 0 Å². The van der Waals surface area contributed by atoms with Crippen LogP contribution in [0.3, 0.4) is 0 Å². The molecule has 0 fully saturated rings. The van der Waals surface area contributed by atoms with E-state index in [0.29, 0.717) is 0 Å². The number of aromatic nitrogens is 1. The summed E-state index contributed by atoms with van der Waals surface area (Å²) >= 11 is 11.9. The zero-order valence-electron chi connectivity index (χ0n) is 14.5. The fourth-order valence-corrected chi connectivity index (χ4v) is 3.96. The summed E-state index contributed by atoms with van der Waals surface area (Å²) in [5, 5.41) is 4.89. The van der Waals surface area contributed by atoms with Crippen LogP contribution in [-0.4, -0.2) is 21.1 Å². The molecule has 5 heteroatoms. The van der Waals surface area contributed by atoms with Gasteiger partial charge in [-0.25, -0.2) is 0 Å². The van der Waals surface area contributed by atoms with E-state index in [1.54, 1.807) is 0 Å². The molecule has 1 N–H and O–H groups in total. The van der Waals surface area contributed by atoms with Gasteiger partial charge in [0.25, 0.3) is 0 Å². The molecule has 1 aliphatic heterocycles. The molecule has 26 heavy (non-hydrogen) atoms. The van der Waals surface area contributed by atoms with Gasteiger partial charge in [0.2, 0.25) is 0 Å². The summed E-state index contributed by atoms with van der Waals surface area (Å²) in [7, 11) is 0. The maximum atomic E-state index is 6.09. The molecule has 0 aliphatic carbocycles. The van der Waals surface area contributed by atoms with E-state index in [1.807, 2.05) is 24.3 Å². The maximum absolute atomic E-state index is 6.09. The summed E-state index contributed by atoms with van der Waals surface area (Å²) in [6.45, 7) is 3.85. The monoisotopic (exact) mass is 381 g/mol. The predicted octanol–water partition coefficient (Wildman–Crippen LogP) is 5.25. The average molecular weight is 382 g/mol. The molecule has 0 amide bonds. The number of hydrogen-bond acceptors (Lipinski definition) is 1. The quantitative estimate of drug-likeness (QED) is 0.612. The average Bonchev–Trinajstić information content (AvgIpc) is 3.10. The lowest BCUT2D eigenvalue weighted by atomic mass is 10.0. The molecule has 2 heterocycles. The van der Waals surface area contributed by atoms with Crippen molar-refractivity contribution < 1.29 is 0 Å². The topological polar surface area (TPSA) is 20.2 Å². The third-order valence-electron chi connectivity index (χ3n) is 4.75. The van der Waals surface area contributed by atoms with Crippen LogP contribution < -0.4 is 5.32 Å². The number of aryl methyl sites for hydroxylation is 1. The minimum Gasteiger partial charge on any atom is -0.348 e. The van der Waals surface area contributed by atoms with Crippen LogP contribution in [0.5, 0.6) is 0 Å². The van der Waals surface area contributed by atoms with Gasteiger partial charge >= 0.3 is 0 Å². The number of hydrogen-bond donors (Lipinski definition) is 1. The Morgan fingerprint density at radius 2 is 1.88 bits per heavy atom. The van der Waals surface area contributed by atoms with E-state index in [1.165, 1.54) is 16.8 Å². The summed E-state index contributed by atoms with van der Waals surface area (Å²) in [5.41, 5.74) is 4.65. The van der Waals surface area contributed by atoms with Crippen LogP contribution in [0, 0.1) is 6.92 Å². The second-order valence-corrected chi connectivity index (χ2v) is 7.40. The highest BCUT2D eigenvalue weighted by atomic mass is 35.5. The molecule has 3 aromatic rings. The SMILES string of the molecule is Cc1cccc(NC(=S)N2CCn3cccc3C2c2ccc(Cl)cc2)c1. The highest BCUT2D eigenvalue weighted by molar-refractivity contribution is 7.80. The Morgan fingerprint density at radius 3 is 2.65 bits per heavy atom. The van der Waals surface area contributed by atoms with E-state index >= 15 is 0 Å². The third-order valence-corrected chi connectivity index (χ3v) is 5.34. The van der Waals surface area contributed by atoms with Crippen molar-refractivity contribution in [2.45, 2.75) is 19.5 Å². The van der Waals surface area contributed by atoms with Gasteiger partial charge in [-0.2, -0.15) is 0 Å². The van der Waals surface area contributed by atoms with E-state index in [2.05, 4.69) is 64.3 Å². The smallest absolute Gasteiger partial charge is 0.174 e. The van der Waals surface area contributed by atoms with Crippen LogP contribution in [0.25, 0.3) is 0 Å². The second kappa shape index (κ2) is 7.14. The molecule has 0 spiro atoms. The van der Waals surface area contributed by atoms with Crippen LogP contribution in [0.4, 0.5) is 5.69 Å². The first-order valence-corrected chi connectivity index (χ1v) is 9.45. The summed E-state index contributed by atoms with van der Waals surface area (Å²) < 4.78 is 2.30. The Labute approximate surface area is 164 Å². The molecule has 0 saturated carbocycles. The van der Waals surface area contributed by atoms with Gasteiger partial charge in [0, 0.05) is 35.7 Å². The van der Waals surface area contributed by atoms with Crippen LogP contribution in [0.2, 0.25) is 5.02 Å². The Morgan fingerprint density at radius 1 is 1.08 bits per heavy atom. The molecular weight excluding hydrogens is 362 g/mol. The van der Waals surface area contributed by atoms with Gasteiger partial charge in [-0.05, 0) is 66.7 Å². The molecule has 2 aromatic carbocycles. The van der Waals surface area contributed by atoms with E-state index in [-0.39, 0.29) is 6.04 Å². The summed E-state index contributed by atoms with van der Waals surface area (Å²) in [5.74, 6) is 0. The van der Waals surface area contributed by atoms with Crippen molar-refractivity contribution >= 4 is 34.6 Å². The highest BCUT2D eigenvalue weighted by Crippen LogP contribution is 2.33. The summed E-state index contributed by atoms with van der Waals surface area (Å²) in [4.78, 5) is 2.26.